The van der Waals surface area contributed by atoms with Crippen molar-refractivity contribution in [1.29, 1.82) is 0 Å². The molecule has 1 amide bonds. The SMILES string of the molecule is COc1ccc(-c2nc(-c3cc(C(=O)O)c(C)n3C(CCC(N)=O)Cc3ccccc3)cs2)cc1. The lowest BCUT2D eigenvalue weighted by Crippen LogP contribution is -2.19. The van der Waals surface area contributed by atoms with Gasteiger partial charge in [0, 0.05) is 29.1 Å². The second kappa shape index (κ2) is 10.6. The first-order chi connectivity index (χ1) is 16.9. The van der Waals surface area contributed by atoms with Crippen molar-refractivity contribution >= 4 is 23.2 Å². The molecule has 2 aromatic carbocycles. The average molecular weight is 490 g/mol. The van der Waals surface area contributed by atoms with Crippen LogP contribution in [-0.4, -0.2) is 33.6 Å². The summed E-state index contributed by atoms with van der Waals surface area (Å²) >= 11 is 1.49. The molecule has 1 atom stereocenters. The Hall–Kier alpha value is -3.91. The number of carboxylic acids is 1. The van der Waals surface area contributed by atoms with Gasteiger partial charge in [-0.2, -0.15) is 0 Å². The highest BCUT2D eigenvalue weighted by Crippen LogP contribution is 2.36. The number of primary amides is 1. The van der Waals surface area contributed by atoms with Crippen molar-refractivity contribution in [2.45, 2.75) is 32.2 Å². The molecule has 0 fully saturated rings. The number of carbonyl (C=O) groups is 2. The number of hydrogen-bond acceptors (Lipinski definition) is 5. The second-order valence-corrected chi connectivity index (χ2v) is 9.18. The number of rotatable bonds is 10. The van der Waals surface area contributed by atoms with Gasteiger partial charge in [-0.1, -0.05) is 30.3 Å². The lowest BCUT2D eigenvalue weighted by molar-refractivity contribution is -0.118. The van der Waals surface area contributed by atoms with Gasteiger partial charge in [0.05, 0.1) is 24.1 Å². The minimum absolute atomic E-state index is 0.167. The minimum atomic E-state index is -0.999. The van der Waals surface area contributed by atoms with Crippen LogP contribution in [0, 0.1) is 6.92 Å². The van der Waals surface area contributed by atoms with Crippen LogP contribution in [0.2, 0.25) is 0 Å². The van der Waals surface area contributed by atoms with Crippen molar-refractivity contribution in [3.05, 3.63) is 82.9 Å². The van der Waals surface area contributed by atoms with E-state index in [0.717, 1.165) is 21.9 Å². The molecule has 35 heavy (non-hydrogen) atoms. The first-order valence-corrected chi connectivity index (χ1v) is 12.1. The third-order valence-electron chi connectivity index (χ3n) is 6.03. The van der Waals surface area contributed by atoms with Crippen molar-refractivity contribution in [2.24, 2.45) is 5.73 Å². The van der Waals surface area contributed by atoms with E-state index in [-0.39, 0.29) is 23.9 Å². The zero-order valence-electron chi connectivity index (χ0n) is 19.6. The molecule has 0 aliphatic rings. The van der Waals surface area contributed by atoms with Gasteiger partial charge < -0.3 is 20.1 Å². The Morgan fingerprint density at radius 2 is 1.86 bits per heavy atom. The zero-order valence-corrected chi connectivity index (χ0v) is 20.4. The number of hydrogen-bond donors (Lipinski definition) is 2. The molecule has 0 saturated heterocycles. The number of amides is 1. The molecule has 3 N–H and O–H groups in total. The molecular weight excluding hydrogens is 462 g/mol. The highest BCUT2D eigenvalue weighted by atomic mass is 32.1. The predicted octanol–water partition coefficient (Wildman–Crippen LogP) is 5.34. The van der Waals surface area contributed by atoms with Gasteiger partial charge >= 0.3 is 5.97 Å². The van der Waals surface area contributed by atoms with E-state index in [1.54, 1.807) is 20.1 Å². The van der Waals surface area contributed by atoms with Gasteiger partial charge in [0.25, 0.3) is 0 Å². The highest BCUT2D eigenvalue weighted by molar-refractivity contribution is 7.13. The van der Waals surface area contributed by atoms with Crippen LogP contribution >= 0.6 is 11.3 Å². The van der Waals surface area contributed by atoms with Gasteiger partial charge in [-0.05, 0) is 55.7 Å². The van der Waals surface area contributed by atoms with Crippen LogP contribution in [0.5, 0.6) is 5.75 Å². The molecule has 0 bridgehead atoms. The molecule has 0 saturated carbocycles. The summed E-state index contributed by atoms with van der Waals surface area (Å²) in [4.78, 5) is 28.5. The van der Waals surface area contributed by atoms with Crippen molar-refractivity contribution in [2.75, 3.05) is 7.11 Å². The third-order valence-corrected chi connectivity index (χ3v) is 6.92. The maximum Gasteiger partial charge on any atom is 0.337 e. The average Bonchev–Trinajstić information content (AvgIpc) is 3.47. The van der Waals surface area contributed by atoms with Crippen molar-refractivity contribution in [3.8, 4) is 27.7 Å². The molecule has 7 nitrogen and oxygen atoms in total. The van der Waals surface area contributed by atoms with E-state index in [0.29, 0.717) is 29.9 Å². The Morgan fingerprint density at radius 1 is 1.14 bits per heavy atom. The van der Waals surface area contributed by atoms with Crippen molar-refractivity contribution in [1.82, 2.24) is 9.55 Å². The quantitative estimate of drug-likeness (QED) is 0.312. The van der Waals surface area contributed by atoms with Crippen LogP contribution in [0.15, 0.2) is 66.0 Å². The molecule has 4 rings (SSSR count). The number of thiazole rings is 1. The summed E-state index contributed by atoms with van der Waals surface area (Å²) in [6.07, 6.45) is 1.32. The van der Waals surface area contributed by atoms with E-state index in [1.807, 2.05) is 64.5 Å². The molecule has 0 aliphatic carbocycles. The number of nitrogens with zero attached hydrogens (tertiary/aromatic N) is 2. The lowest BCUT2D eigenvalue weighted by Gasteiger charge is -2.23. The van der Waals surface area contributed by atoms with Gasteiger partial charge in [-0.15, -0.1) is 11.3 Å². The maximum atomic E-state index is 12.0. The summed E-state index contributed by atoms with van der Waals surface area (Å²) in [5.74, 6) is -0.621. The minimum Gasteiger partial charge on any atom is -0.497 e. The number of methoxy groups -OCH3 is 1. The van der Waals surface area contributed by atoms with Crippen molar-refractivity contribution in [3.63, 3.8) is 0 Å². The van der Waals surface area contributed by atoms with Crippen LogP contribution in [0.4, 0.5) is 0 Å². The normalized spacial score (nSPS) is 11.8. The van der Waals surface area contributed by atoms with Gasteiger partial charge in [-0.25, -0.2) is 9.78 Å². The van der Waals surface area contributed by atoms with Crippen LogP contribution in [-0.2, 0) is 11.2 Å². The summed E-state index contributed by atoms with van der Waals surface area (Å²) in [5.41, 5.74) is 9.76. The first kappa shape index (κ1) is 24.2. The van der Waals surface area contributed by atoms with Crippen LogP contribution in [0.3, 0.4) is 0 Å². The highest BCUT2D eigenvalue weighted by Gasteiger charge is 2.25. The number of benzene rings is 2. The van der Waals surface area contributed by atoms with E-state index in [2.05, 4.69) is 0 Å². The van der Waals surface area contributed by atoms with E-state index in [1.165, 1.54) is 11.3 Å². The Kier molecular flexibility index (Phi) is 7.31. The number of aromatic carboxylic acids is 1. The number of aromatic nitrogens is 2. The van der Waals surface area contributed by atoms with Gasteiger partial charge in [-0.3, -0.25) is 4.79 Å². The Bertz CT molecular complexity index is 1330. The smallest absolute Gasteiger partial charge is 0.337 e. The molecule has 2 aromatic heterocycles. The van der Waals surface area contributed by atoms with Crippen LogP contribution < -0.4 is 10.5 Å². The number of carboxylic acid groups (broad SMARTS) is 1. The fourth-order valence-electron chi connectivity index (χ4n) is 4.28. The molecule has 4 aromatic rings. The Morgan fingerprint density at radius 3 is 2.49 bits per heavy atom. The molecule has 0 spiro atoms. The van der Waals surface area contributed by atoms with Gasteiger partial charge in [0.1, 0.15) is 10.8 Å². The maximum absolute atomic E-state index is 12.0. The standard InChI is InChI=1S/C27H27N3O4S/c1-17-22(27(32)33)15-24(23-16-35-26(29-23)19-8-11-21(34-2)12-9-19)30(17)20(10-13-25(28)31)14-18-6-4-3-5-7-18/h3-9,11-12,15-16,20H,10,13-14H2,1-2H3,(H2,28,31)(H,32,33). The summed E-state index contributed by atoms with van der Waals surface area (Å²) in [5, 5.41) is 12.6. The monoisotopic (exact) mass is 489 g/mol. The summed E-state index contributed by atoms with van der Waals surface area (Å²) < 4.78 is 7.25. The van der Waals surface area contributed by atoms with E-state index in [9.17, 15) is 14.7 Å². The fourth-order valence-corrected chi connectivity index (χ4v) is 5.10. The summed E-state index contributed by atoms with van der Waals surface area (Å²) in [6, 6.07) is 19.1. The largest absolute Gasteiger partial charge is 0.497 e. The van der Waals surface area contributed by atoms with E-state index in [4.69, 9.17) is 15.5 Å². The summed E-state index contributed by atoms with van der Waals surface area (Å²) in [6.45, 7) is 1.80. The van der Waals surface area contributed by atoms with E-state index >= 15 is 0 Å². The van der Waals surface area contributed by atoms with Gasteiger partial charge in [0.15, 0.2) is 0 Å². The number of carbonyl (C=O) groups excluding carboxylic acids is 1. The second-order valence-electron chi connectivity index (χ2n) is 8.32. The molecule has 0 radical (unpaired) electrons. The lowest BCUT2D eigenvalue weighted by atomic mass is 10.0. The zero-order chi connectivity index (χ0) is 24.9. The Labute approximate surface area is 207 Å². The van der Waals surface area contributed by atoms with Crippen LogP contribution in [0.1, 0.15) is 40.5 Å². The van der Waals surface area contributed by atoms with Crippen molar-refractivity contribution < 1.29 is 19.4 Å². The molecule has 180 valence electrons. The molecule has 8 heteroatoms. The molecule has 0 aliphatic heterocycles. The topological polar surface area (TPSA) is 107 Å². The fraction of sp³-hybridized carbons (Fsp3) is 0.222. The van der Waals surface area contributed by atoms with Gasteiger partial charge in [0.2, 0.25) is 5.91 Å². The van der Waals surface area contributed by atoms with E-state index < -0.39 is 5.97 Å². The predicted molar refractivity (Wildman–Crippen MR) is 137 cm³/mol. The molecule has 1 unspecified atom stereocenters. The third kappa shape index (κ3) is 5.44. The summed E-state index contributed by atoms with van der Waals surface area (Å²) in [7, 11) is 1.62. The Balaban J connectivity index is 1.78. The first-order valence-electron chi connectivity index (χ1n) is 11.2. The molecular formula is C27H27N3O4S. The molecule has 2 heterocycles. The number of ether oxygens (including phenoxy) is 1. The number of nitrogens with two attached hydrogens (primary N) is 1. The van der Waals surface area contributed by atoms with Crippen LogP contribution in [0.25, 0.3) is 22.0 Å².